The van der Waals surface area contributed by atoms with Gasteiger partial charge in [0.2, 0.25) is 0 Å². The van der Waals surface area contributed by atoms with E-state index in [1.807, 2.05) is 6.07 Å². The van der Waals surface area contributed by atoms with Crippen molar-refractivity contribution in [3.63, 3.8) is 0 Å². The van der Waals surface area contributed by atoms with Crippen LogP contribution in [0.3, 0.4) is 0 Å². The Kier molecular flexibility index (Phi) is 5.76. The first-order valence-corrected chi connectivity index (χ1v) is 9.27. The van der Waals surface area contributed by atoms with Crippen LogP contribution in [-0.4, -0.2) is 16.1 Å². The summed E-state index contributed by atoms with van der Waals surface area (Å²) >= 11 is 18.7. The van der Waals surface area contributed by atoms with Crippen molar-refractivity contribution >= 4 is 51.7 Å². The molecule has 0 amide bonds. The summed E-state index contributed by atoms with van der Waals surface area (Å²) in [5, 5.41) is 18.9. The van der Waals surface area contributed by atoms with E-state index in [0.717, 1.165) is 0 Å². The van der Waals surface area contributed by atoms with Gasteiger partial charge in [0.05, 0.1) is 32.4 Å². The molecule has 8 heteroatoms. The lowest BCUT2D eigenvalue weighted by Gasteiger charge is -2.16. The van der Waals surface area contributed by atoms with E-state index in [0.29, 0.717) is 11.1 Å². The highest BCUT2D eigenvalue weighted by atomic mass is 35.5. The molecule has 0 saturated carbocycles. The van der Waals surface area contributed by atoms with Crippen molar-refractivity contribution in [2.24, 2.45) is 0 Å². The van der Waals surface area contributed by atoms with E-state index in [4.69, 9.17) is 40.1 Å². The molecule has 3 aromatic rings. The molecule has 0 saturated heterocycles. The van der Waals surface area contributed by atoms with Gasteiger partial charge in [0.25, 0.3) is 0 Å². The van der Waals surface area contributed by atoms with Gasteiger partial charge in [-0.1, -0.05) is 46.9 Å². The van der Waals surface area contributed by atoms with Crippen molar-refractivity contribution in [2.45, 2.75) is 19.8 Å². The number of hydrogen-bond acceptors (Lipinski definition) is 3. The average molecular weight is 438 g/mol. The maximum Gasteiger partial charge on any atom is 0.339 e. The van der Waals surface area contributed by atoms with Gasteiger partial charge < -0.3 is 5.11 Å². The molecule has 0 unspecified atom stereocenters. The summed E-state index contributed by atoms with van der Waals surface area (Å²) < 4.78 is 15.6. The minimum atomic E-state index is -1.25. The molecule has 0 aliphatic rings. The van der Waals surface area contributed by atoms with Gasteiger partial charge in [0.15, 0.2) is 5.82 Å². The highest BCUT2D eigenvalue weighted by Crippen LogP contribution is 2.41. The normalized spacial score (nSPS) is 10.9. The van der Waals surface area contributed by atoms with Crippen LogP contribution in [0.2, 0.25) is 15.1 Å². The molecule has 0 fully saturated rings. The molecule has 1 N–H and O–H groups in total. The number of benzene rings is 2. The molecule has 4 nitrogen and oxygen atoms in total. The fraction of sp³-hybridized carbons (Fsp3) is 0.150. The summed E-state index contributed by atoms with van der Waals surface area (Å²) in [6, 6.07) is 8.42. The molecule has 0 spiro atoms. The fourth-order valence-electron chi connectivity index (χ4n) is 3.11. The van der Waals surface area contributed by atoms with Crippen molar-refractivity contribution < 1.29 is 14.3 Å². The minimum Gasteiger partial charge on any atom is -0.478 e. The van der Waals surface area contributed by atoms with Crippen LogP contribution >= 0.6 is 34.8 Å². The number of aryl methyl sites for hydroxylation is 2. The largest absolute Gasteiger partial charge is 0.478 e. The van der Waals surface area contributed by atoms with Crippen LogP contribution in [0.5, 0.6) is 0 Å². The van der Waals surface area contributed by atoms with E-state index in [9.17, 15) is 9.90 Å². The quantitative estimate of drug-likeness (QED) is 0.508. The number of carbonyl (C=O) groups is 1. The summed E-state index contributed by atoms with van der Waals surface area (Å²) in [7, 11) is 0. The van der Waals surface area contributed by atoms with Crippen LogP contribution in [-0.2, 0) is 6.42 Å². The predicted molar refractivity (Wildman–Crippen MR) is 108 cm³/mol. The van der Waals surface area contributed by atoms with Gasteiger partial charge in [-0.05, 0) is 31.0 Å². The summed E-state index contributed by atoms with van der Waals surface area (Å²) in [6.45, 7) is 1.45. The molecule has 1 heterocycles. The Hall–Kier alpha value is -2.39. The highest BCUT2D eigenvalue weighted by Gasteiger charge is 2.24. The second-order valence-corrected chi connectivity index (χ2v) is 7.23. The van der Waals surface area contributed by atoms with Gasteiger partial charge in [-0.25, -0.2) is 14.2 Å². The van der Waals surface area contributed by atoms with E-state index in [2.05, 4.69) is 4.98 Å². The number of carboxylic acid groups (broad SMARTS) is 1. The lowest BCUT2D eigenvalue weighted by molar-refractivity contribution is 0.0696. The van der Waals surface area contributed by atoms with Crippen LogP contribution in [0.4, 0.5) is 4.39 Å². The van der Waals surface area contributed by atoms with Gasteiger partial charge in [0, 0.05) is 22.9 Å². The van der Waals surface area contributed by atoms with Crippen molar-refractivity contribution in [2.75, 3.05) is 0 Å². The molecule has 28 heavy (non-hydrogen) atoms. The average Bonchev–Trinajstić information content (AvgIpc) is 2.63. The number of rotatable bonds is 4. The molecular formula is C20H12Cl3FN2O2. The number of aromatic nitrogens is 1. The topological polar surface area (TPSA) is 74.0 Å². The molecule has 0 atom stereocenters. The summed E-state index contributed by atoms with van der Waals surface area (Å²) in [4.78, 5) is 15.6. The zero-order chi connectivity index (χ0) is 20.6. The van der Waals surface area contributed by atoms with E-state index in [1.165, 1.54) is 6.92 Å². The van der Waals surface area contributed by atoms with Crippen molar-refractivity contribution in [3.05, 3.63) is 62.0 Å². The number of carboxylic acids is 1. The number of pyridine rings is 1. The van der Waals surface area contributed by atoms with E-state index >= 15 is 4.39 Å². The Morgan fingerprint density at radius 2 is 2.00 bits per heavy atom. The first-order valence-electron chi connectivity index (χ1n) is 8.13. The molecular weight excluding hydrogens is 426 g/mol. The number of hydrogen-bond donors (Lipinski definition) is 1. The molecule has 142 valence electrons. The maximum absolute atomic E-state index is 15.6. The van der Waals surface area contributed by atoms with Gasteiger partial charge in [0.1, 0.15) is 5.52 Å². The third kappa shape index (κ3) is 3.40. The van der Waals surface area contributed by atoms with Crippen LogP contribution < -0.4 is 0 Å². The zero-order valence-electron chi connectivity index (χ0n) is 14.5. The van der Waals surface area contributed by atoms with Crippen molar-refractivity contribution in [1.29, 1.82) is 5.26 Å². The Morgan fingerprint density at radius 1 is 1.29 bits per heavy atom. The van der Waals surface area contributed by atoms with Gasteiger partial charge in [-0.15, -0.1) is 0 Å². The first kappa shape index (κ1) is 20.3. The number of nitriles is 1. The summed E-state index contributed by atoms with van der Waals surface area (Å²) in [5.74, 6) is -1.95. The molecule has 1 aromatic heterocycles. The van der Waals surface area contributed by atoms with Crippen LogP contribution in [0.25, 0.3) is 22.0 Å². The van der Waals surface area contributed by atoms with Crippen LogP contribution in [0.1, 0.15) is 28.0 Å². The van der Waals surface area contributed by atoms with Gasteiger partial charge >= 0.3 is 5.97 Å². The molecule has 2 aromatic carbocycles. The molecule has 3 rings (SSSR count). The predicted octanol–water partition coefficient (Wildman–Crippen LogP) is 6.46. The Morgan fingerprint density at radius 3 is 2.64 bits per heavy atom. The number of nitrogens with zero attached hydrogens (tertiary/aromatic N) is 2. The molecule has 0 aliphatic heterocycles. The molecule has 0 bridgehead atoms. The SMILES string of the molecule is Cc1nc2c(F)c(-c3cccc(Cl)c3Cl)c(CCC#N)cc2c(Cl)c1C(=O)O. The standard InChI is InChI=1S/C20H12Cl3FN2O2/c1-9-14(20(27)28)17(23)12-8-10(4-3-7-25)15(18(24)19(12)26-9)11-5-2-6-13(21)16(11)22/h2,5-6,8H,3-4H2,1H3,(H,27,28). The highest BCUT2D eigenvalue weighted by molar-refractivity contribution is 6.44. The van der Waals surface area contributed by atoms with Gasteiger partial charge in [-0.3, -0.25) is 0 Å². The minimum absolute atomic E-state index is 0.0701. The zero-order valence-corrected chi connectivity index (χ0v) is 16.8. The third-order valence-corrected chi connectivity index (χ3v) is 5.57. The third-order valence-electron chi connectivity index (χ3n) is 4.36. The smallest absolute Gasteiger partial charge is 0.339 e. The second kappa shape index (κ2) is 7.92. The lowest BCUT2D eigenvalue weighted by Crippen LogP contribution is -2.06. The number of aromatic carboxylic acids is 1. The first-order chi connectivity index (χ1) is 13.3. The summed E-state index contributed by atoms with van der Waals surface area (Å²) in [6.07, 6.45) is 0.340. The van der Waals surface area contributed by atoms with Crippen LogP contribution in [0, 0.1) is 24.1 Å². The fourth-order valence-corrected chi connectivity index (χ4v) is 3.87. The monoisotopic (exact) mass is 436 g/mol. The van der Waals surface area contributed by atoms with E-state index in [1.54, 1.807) is 24.3 Å². The number of halogens is 4. The van der Waals surface area contributed by atoms with Crippen molar-refractivity contribution in [1.82, 2.24) is 4.98 Å². The van der Waals surface area contributed by atoms with Crippen molar-refractivity contribution in [3.8, 4) is 17.2 Å². The summed E-state index contributed by atoms with van der Waals surface area (Å²) in [5.41, 5.74) is 0.824. The molecule has 0 radical (unpaired) electrons. The number of fused-ring (bicyclic) bond motifs is 1. The Labute approximate surface area is 175 Å². The van der Waals surface area contributed by atoms with E-state index in [-0.39, 0.29) is 55.6 Å². The maximum atomic E-state index is 15.6. The van der Waals surface area contributed by atoms with E-state index < -0.39 is 11.8 Å². The van der Waals surface area contributed by atoms with Gasteiger partial charge in [-0.2, -0.15) is 5.26 Å². The Bertz CT molecular complexity index is 1170. The second-order valence-electron chi connectivity index (χ2n) is 6.07. The Balaban J connectivity index is 2.45. The lowest BCUT2D eigenvalue weighted by atomic mass is 9.93. The molecule has 0 aliphatic carbocycles. The van der Waals surface area contributed by atoms with Crippen LogP contribution in [0.15, 0.2) is 24.3 Å².